The topological polar surface area (TPSA) is 88.2 Å². The number of nitrogens with two attached hydrogens (primary N) is 1. The van der Waals surface area contributed by atoms with Gasteiger partial charge in [0.1, 0.15) is 5.75 Å². The molecule has 24 heavy (non-hydrogen) atoms. The van der Waals surface area contributed by atoms with Crippen molar-refractivity contribution >= 4 is 11.6 Å². The zero-order valence-electron chi connectivity index (χ0n) is 12.9. The van der Waals surface area contributed by atoms with Crippen LogP contribution >= 0.6 is 0 Å². The molecule has 5 nitrogen and oxygen atoms in total. The largest absolute Gasteiger partial charge is 0.508 e. The van der Waals surface area contributed by atoms with E-state index < -0.39 is 5.91 Å². The van der Waals surface area contributed by atoms with Gasteiger partial charge in [-0.3, -0.25) is 9.78 Å². The van der Waals surface area contributed by atoms with Crippen molar-refractivity contribution in [3.63, 3.8) is 0 Å². The molecular formula is C19H17N3O2. The minimum atomic E-state index is -0.456. The fraction of sp³-hybridized carbons (Fsp3) is 0.0526. The van der Waals surface area contributed by atoms with Gasteiger partial charge in [0.05, 0.1) is 5.69 Å². The molecule has 4 N–H and O–H groups in total. The van der Waals surface area contributed by atoms with Gasteiger partial charge in [-0.25, -0.2) is 0 Å². The van der Waals surface area contributed by atoms with Crippen LogP contribution in [0.4, 0.5) is 5.69 Å². The van der Waals surface area contributed by atoms with Crippen LogP contribution in [0.1, 0.15) is 15.9 Å². The Morgan fingerprint density at radius 2 is 1.88 bits per heavy atom. The minimum absolute atomic E-state index is 0.240. The molecule has 3 rings (SSSR count). The number of phenolic OH excluding ortho intramolecular Hbond substituents is 1. The summed E-state index contributed by atoms with van der Waals surface area (Å²) < 4.78 is 0. The van der Waals surface area contributed by atoms with E-state index in [0.29, 0.717) is 12.1 Å². The number of carbonyl (C=O) groups excluding carboxylic acids is 1. The maximum atomic E-state index is 11.3. The highest BCUT2D eigenvalue weighted by Crippen LogP contribution is 2.23. The number of hydrogen-bond acceptors (Lipinski definition) is 4. The lowest BCUT2D eigenvalue weighted by Gasteiger charge is -2.09. The third-order valence-corrected chi connectivity index (χ3v) is 3.63. The molecule has 0 saturated heterocycles. The van der Waals surface area contributed by atoms with Crippen LogP contribution < -0.4 is 11.1 Å². The Labute approximate surface area is 139 Å². The van der Waals surface area contributed by atoms with Crippen molar-refractivity contribution in [2.75, 3.05) is 5.32 Å². The first-order valence-corrected chi connectivity index (χ1v) is 7.49. The number of pyridine rings is 1. The first-order valence-electron chi connectivity index (χ1n) is 7.49. The lowest BCUT2D eigenvalue weighted by Crippen LogP contribution is -2.10. The van der Waals surface area contributed by atoms with Gasteiger partial charge in [-0.15, -0.1) is 0 Å². The number of amides is 1. The Morgan fingerprint density at radius 3 is 2.67 bits per heavy atom. The maximum Gasteiger partial charge on any atom is 0.248 e. The Morgan fingerprint density at radius 1 is 1.04 bits per heavy atom. The second-order valence-corrected chi connectivity index (χ2v) is 5.43. The molecule has 1 heterocycles. The van der Waals surface area contributed by atoms with E-state index in [0.717, 1.165) is 22.4 Å². The highest BCUT2D eigenvalue weighted by atomic mass is 16.3. The van der Waals surface area contributed by atoms with Gasteiger partial charge in [-0.1, -0.05) is 24.3 Å². The molecule has 0 aliphatic rings. The van der Waals surface area contributed by atoms with Crippen molar-refractivity contribution in [2.45, 2.75) is 6.54 Å². The fourth-order valence-corrected chi connectivity index (χ4v) is 2.42. The van der Waals surface area contributed by atoms with Gasteiger partial charge in [-0.2, -0.15) is 0 Å². The van der Waals surface area contributed by atoms with Crippen molar-refractivity contribution in [1.82, 2.24) is 4.98 Å². The molecular weight excluding hydrogens is 302 g/mol. The zero-order chi connectivity index (χ0) is 16.9. The fourth-order valence-electron chi connectivity index (χ4n) is 2.42. The van der Waals surface area contributed by atoms with Crippen LogP contribution in [-0.4, -0.2) is 16.0 Å². The number of carbonyl (C=O) groups is 1. The number of anilines is 1. The lowest BCUT2D eigenvalue weighted by atomic mass is 10.0. The minimum Gasteiger partial charge on any atom is -0.508 e. The molecule has 0 spiro atoms. The number of aromatic nitrogens is 1. The molecule has 0 atom stereocenters. The molecule has 0 radical (unpaired) electrons. The summed E-state index contributed by atoms with van der Waals surface area (Å²) in [6, 6.07) is 16.2. The second-order valence-electron chi connectivity index (χ2n) is 5.43. The standard InChI is InChI=1S/C19H17N3O2/c20-19(24)15-5-2-4-14(8-15)16-9-17(12-21-11-16)22-10-13-3-1-6-18(23)7-13/h1-9,11-12,22-23H,10H2,(H2,20,24). The maximum absolute atomic E-state index is 11.3. The van der Waals surface area contributed by atoms with Gasteiger partial charge >= 0.3 is 0 Å². The van der Waals surface area contributed by atoms with Gasteiger partial charge in [0.25, 0.3) is 0 Å². The summed E-state index contributed by atoms with van der Waals surface area (Å²) in [7, 11) is 0. The number of hydrogen-bond donors (Lipinski definition) is 3. The van der Waals surface area contributed by atoms with Gasteiger partial charge < -0.3 is 16.2 Å². The first-order chi connectivity index (χ1) is 11.6. The molecule has 120 valence electrons. The van der Waals surface area contributed by atoms with E-state index in [9.17, 15) is 9.90 Å². The average Bonchev–Trinajstić information content (AvgIpc) is 2.60. The van der Waals surface area contributed by atoms with Crippen LogP contribution in [0.5, 0.6) is 5.75 Å². The van der Waals surface area contributed by atoms with Crippen molar-refractivity contribution in [2.24, 2.45) is 5.73 Å². The van der Waals surface area contributed by atoms with Gasteiger partial charge in [0.2, 0.25) is 5.91 Å². The van der Waals surface area contributed by atoms with Gasteiger partial charge in [0, 0.05) is 30.1 Å². The van der Waals surface area contributed by atoms with Crippen molar-refractivity contribution in [3.05, 3.63) is 78.1 Å². The highest BCUT2D eigenvalue weighted by molar-refractivity contribution is 5.94. The smallest absolute Gasteiger partial charge is 0.248 e. The van der Waals surface area contributed by atoms with Crippen LogP contribution in [0.15, 0.2) is 67.0 Å². The summed E-state index contributed by atoms with van der Waals surface area (Å²) in [4.78, 5) is 15.5. The van der Waals surface area contributed by atoms with E-state index in [1.54, 1.807) is 48.8 Å². The second kappa shape index (κ2) is 6.83. The number of benzene rings is 2. The normalized spacial score (nSPS) is 10.3. The van der Waals surface area contributed by atoms with E-state index in [2.05, 4.69) is 10.3 Å². The third kappa shape index (κ3) is 3.70. The van der Waals surface area contributed by atoms with Crippen LogP contribution in [-0.2, 0) is 6.54 Å². The molecule has 0 aliphatic carbocycles. The van der Waals surface area contributed by atoms with E-state index in [-0.39, 0.29) is 5.75 Å². The number of nitrogens with one attached hydrogen (secondary N) is 1. The summed E-state index contributed by atoms with van der Waals surface area (Å²) in [6.07, 6.45) is 3.46. The van der Waals surface area contributed by atoms with Gasteiger partial charge in [0.15, 0.2) is 0 Å². The monoisotopic (exact) mass is 319 g/mol. The first kappa shape index (κ1) is 15.6. The van der Waals surface area contributed by atoms with Crippen LogP contribution in [0.25, 0.3) is 11.1 Å². The van der Waals surface area contributed by atoms with E-state index >= 15 is 0 Å². The molecule has 0 unspecified atom stereocenters. The average molecular weight is 319 g/mol. The zero-order valence-corrected chi connectivity index (χ0v) is 12.9. The van der Waals surface area contributed by atoms with Crippen LogP contribution in [0.3, 0.4) is 0 Å². The number of phenols is 1. The van der Waals surface area contributed by atoms with Crippen LogP contribution in [0, 0.1) is 0 Å². The summed E-state index contributed by atoms with van der Waals surface area (Å²) in [5, 5.41) is 12.8. The molecule has 5 heteroatoms. The molecule has 3 aromatic rings. The Bertz CT molecular complexity index is 878. The Hall–Kier alpha value is -3.34. The van der Waals surface area contributed by atoms with Crippen LogP contribution in [0.2, 0.25) is 0 Å². The molecule has 2 aromatic carbocycles. The Balaban J connectivity index is 1.79. The Kier molecular flexibility index (Phi) is 4.43. The number of rotatable bonds is 5. The number of primary amides is 1. The number of aromatic hydroxyl groups is 1. The van der Waals surface area contributed by atoms with Gasteiger partial charge in [-0.05, 0) is 41.5 Å². The van der Waals surface area contributed by atoms with E-state index in [4.69, 9.17) is 5.73 Å². The van der Waals surface area contributed by atoms with E-state index in [1.807, 2.05) is 18.2 Å². The molecule has 1 aromatic heterocycles. The highest BCUT2D eigenvalue weighted by Gasteiger charge is 2.05. The lowest BCUT2D eigenvalue weighted by molar-refractivity contribution is 0.100. The van der Waals surface area contributed by atoms with E-state index in [1.165, 1.54) is 0 Å². The summed E-state index contributed by atoms with van der Waals surface area (Å²) in [6.45, 7) is 0.570. The quantitative estimate of drug-likeness (QED) is 0.674. The predicted molar refractivity (Wildman–Crippen MR) is 93.6 cm³/mol. The molecule has 0 aliphatic heterocycles. The SMILES string of the molecule is NC(=O)c1cccc(-c2cncc(NCc3cccc(O)c3)c2)c1. The van der Waals surface area contributed by atoms with Crippen molar-refractivity contribution in [1.29, 1.82) is 0 Å². The molecule has 0 fully saturated rings. The molecule has 0 bridgehead atoms. The molecule has 1 amide bonds. The summed E-state index contributed by atoms with van der Waals surface area (Å²) >= 11 is 0. The summed E-state index contributed by atoms with van der Waals surface area (Å²) in [5.74, 6) is -0.215. The molecule has 0 saturated carbocycles. The third-order valence-electron chi connectivity index (χ3n) is 3.63. The summed E-state index contributed by atoms with van der Waals surface area (Å²) in [5.41, 5.74) is 9.37. The predicted octanol–water partition coefficient (Wildman–Crippen LogP) is 3.17. The number of nitrogens with zero attached hydrogens (tertiary/aromatic N) is 1. The van der Waals surface area contributed by atoms with Crippen molar-refractivity contribution < 1.29 is 9.90 Å². The van der Waals surface area contributed by atoms with Crippen molar-refractivity contribution in [3.8, 4) is 16.9 Å².